The first-order chi connectivity index (χ1) is 14.1. The highest BCUT2D eigenvalue weighted by molar-refractivity contribution is 6.33. The van der Waals surface area contributed by atoms with E-state index in [-0.39, 0.29) is 17.5 Å². The monoisotopic (exact) mass is 408 g/mol. The van der Waals surface area contributed by atoms with Crippen LogP contribution < -0.4 is 16.2 Å². The highest BCUT2D eigenvalue weighted by Gasteiger charge is 2.33. The van der Waals surface area contributed by atoms with Gasteiger partial charge in [-0.1, -0.05) is 29.8 Å². The summed E-state index contributed by atoms with van der Waals surface area (Å²) in [5, 5.41) is 5.13. The quantitative estimate of drug-likeness (QED) is 0.553. The Morgan fingerprint density at radius 1 is 1.14 bits per heavy atom. The molecule has 29 heavy (non-hydrogen) atoms. The molecule has 0 radical (unpaired) electrons. The topological polar surface area (TPSA) is 107 Å². The molecular formula is C19H17ClN8O. The standard InChI is InChI=1S/C19H17ClN8O/c20-13-8-10-27-15(13)17(29)28(12-5-2-1-3-6-12)16(25-27)14-7-4-9-26(14)19-23-11-22-18(21)24-19/h1-3,5-6,8,10-11,14H,4,7,9H2,(H2,21,22,23,24). The highest BCUT2D eigenvalue weighted by Crippen LogP contribution is 2.34. The van der Waals surface area contributed by atoms with Crippen molar-refractivity contribution in [3.8, 4) is 5.69 Å². The lowest BCUT2D eigenvalue weighted by Crippen LogP contribution is -2.33. The molecule has 5 rings (SSSR count). The van der Waals surface area contributed by atoms with Crippen LogP contribution in [0.25, 0.3) is 11.2 Å². The first-order valence-corrected chi connectivity index (χ1v) is 9.57. The number of benzene rings is 1. The lowest BCUT2D eigenvalue weighted by Gasteiger charge is -2.26. The summed E-state index contributed by atoms with van der Waals surface area (Å²) < 4.78 is 3.16. The molecule has 4 aromatic rings. The van der Waals surface area contributed by atoms with Gasteiger partial charge in [0.05, 0.1) is 16.8 Å². The van der Waals surface area contributed by atoms with Gasteiger partial charge in [-0.2, -0.15) is 10.1 Å². The van der Waals surface area contributed by atoms with Gasteiger partial charge in [-0.25, -0.2) is 14.5 Å². The minimum atomic E-state index is -0.224. The number of para-hydroxylation sites is 1. The molecule has 1 aromatic carbocycles. The summed E-state index contributed by atoms with van der Waals surface area (Å²) in [5.41, 5.74) is 6.60. The fourth-order valence-electron chi connectivity index (χ4n) is 3.80. The van der Waals surface area contributed by atoms with Crippen molar-refractivity contribution in [1.29, 1.82) is 0 Å². The fourth-order valence-corrected chi connectivity index (χ4v) is 4.03. The number of hydrogen-bond acceptors (Lipinski definition) is 7. The van der Waals surface area contributed by atoms with Crippen LogP contribution in [-0.4, -0.2) is 35.7 Å². The maximum atomic E-state index is 13.4. The van der Waals surface area contributed by atoms with Crippen LogP contribution in [-0.2, 0) is 0 Å². The van der Waals surface area contributed by atoms with Gasteiger partial charge in [0.2, 0.25) is 11.9 Å². The van der Waals surface area contributed by atoms with Gasteiger partial charge in [-0.3, -0.25) is 9.36 Å². The molecule has 0 saturated carbocycles. The zero-order chi connectivity index (χ0) is 20.0. The van der Waals surface area contributed by atoms with Crippen molar-refractivity contribution in [1.82, 2.24) is 29.1 Å². The van der Waals surface area contributed by atoms with E-state index in [0.29, 0.717) is 22.3 Å². The minimum absolute atomic E-state index is 0.154. The summed E-state index contributed by atoms with van der Waals surface area (Å²) >= 11 is 6.27. The Kier molecular flexibility index (Phi) is 4.17. The summed E-state index contributed by atoms with van der Waals surface area (Å²) in [4.78, 5) is 27.8. The predicted octanol–water partition coefficient (Wildman–Crippen LogP) is 2.25. The summed E-state index contributed by atoms with van der Waals surface area (Å²) in [5.74, 6) is 1.22. The van der Waals surface area contributed by atoms with Gasteiger partial charge in [0.1, 0.15) is 11.8 Å². The molecule has 3 aromatic heterocycles. The van der Waals surface area contributed by atoms with Crippen LogP contribution in [0.1, 0.15) is 24.7 Å². The van der Waals surface area contributed by atoms with E-state index in [1.54, 1.807) is 16.8 Å². The minimum Gasteiger partial charge on any atom is -0.368 e. The lowest BCUT2D eigenvalue weighted by atomic mass is 10.2. The summed E-state index contributed by atoms with van der Waals surface area (Å²) in [6, 6.07) is 10.9. The molecule has 0 bridgehead atoms. The molecular weight excluding hydrogens is 392 g/mol. The van der Waals surface area contributed by atoms with Crippen molar-refractivity contribution in [2.24, 2.45) is 0 Å². The van der Waals surface area contributed by atoms with Crippen molar-refractivity contribution in [2.45, 2.75) is 18.9 Å². The molecule has 1 unspecified atom stereocenters. The van der Waals surface area contributed by atoms with Gasteiger partial charge in [0, 0.05) is 12.7 Å². The molecule has 0 spiro atoms. The normalized spacial score (nSPS) is 16.6. The van der Waals surface area contributed by atoms with Gasteiger partial charge >= 0.3 is 0 Å². The Bertz CT molecular complexity index is 1250. The van der Waals surface area contributed by atoms with Crippen molar-refractivity contribution >= 4 is 29.0 Å². The summed E-state index contributed by atoms with van der Waals surface area (Å²) in [6.07, 6.45) is 4.79. The summed E-state index contributed by atoms with van der Waals surface area (Å²) in [7, 11) is 0. The van der Waals surface area contributed by atoms with Crippen LogP contribution in [0.2, 0.25) is 5.02 Å². The number of nitrogen functional groups attached to an aromatic ring is 1. The first kappa shape index (κ1) is 17.6. The van der Waals surface area contributed by atoms with E-state index in [2.05, 4.69) is 15.0 Å². The van der Waals surface area contributed by atoms with Crippen molar-refractivity contribution in [2.75, 3.05) is 17.2 Å². The molecule has 9 nitrogen and oxygen atoms in total. The Labute approximate surface area is 170 Å². The van der Waals surface area contributed by atoms with Crippen LogP contribution in [0.5, 0.6) is 0 Å². The molecule has 10 heteroatoms. The third kappa shape index (κ3) is 2.90. The Hall–Kier alpha value is -3.46. The van der Waals surface area contributed by atoms with E-state index in [4.69, 9.17) is 22.4 Å². The van der Waals surface area contributed by atoms with Crippen molar-refractivity contribution in [3.05, 3.63) is 70.1 Å². The Morgan fingerprint density at radius 3 is 2.76 bits per heavy atom. The van der Waals surface area contributed by atoms with Crippen molar-refractivity contribution in [3.63, 3.8) is 0 Å². The van der Waals surface area contributed by atoms with Crippen LogP contribution in [0.15, 0.2) is 53.7 Å². The maximum absolute atomic E-state index is 13.4. The molecule has 1 aliphatic heterocycles. The molecule has 1 saturated heterocycles. The highest BCUT2D eigenvalue weighted by atomic mass is 35.5. The fraction of sp³-hybridized carbons (Fsp3) is 0.211. The molecule has 2 N–H and O–H groups in total. The van der Waals surface area contributed by atoms with E-state index in [9.17, 15) is 4.79 Å². The van der Waals surface area contributed by atoms with Crippen LogP contribution in [0.3, 0.4) is 0 Å². The van der Waals surface area contributed by atoms with E-state index in [0.717, 1.165) is 25.1 Å². The van der Waals surface area contributed by atoms with Gasteiger partial charge in [-0.05, 0) is 31.0 Å². The second-order valence-corrected chi connectivity index (χ2v) is 7.19. The molecule has 0 amide bonds. The van der Waals surface area contributed by atoms with Gasteiger partial charge in [0.15, 0.2) is 5.82 Å². The average Bonchev–Trinajstić information content (AvgIpc) is 3.36. The van der Waals surface area contributed by atoms with Crippen LogP contribution >= 0.6 is 11.6 Å². The number of hydrogen-bond donors (Lipinski definition) is 1. The number of fused-ring (bicyclic) bond motifs is 1. The van der Waals surface area contributed by atoms with E-state index >= 15 is 0 Å². The second-order valence-electron chi connectivity index (χ2n) is 6.79. The third-order valence-electron chi connectivity index (χ3n) is 5.06. The van der Waals surface area contributed by atoms with Crippen LogP contribution in [0.4, 0.5) is 11.9 Å². The molecule has 146 valence electrons. The number of nitrogens with zero attached hydrogens (tertiary/aromatic N) is 7. The molecule has 0 aliphatic carbocycles. The SMILES string of the molecule is Nc1ncnc(N2CCCC2c2nn3ccc(Cl)c3c(=O)n2-c2ccccc2)n1. The number of anilines is 2. The maximum Gasteiger partial charge on any atom is 0.284 e. The van der Waals surface area contributed by atoms with Gasteiger partial charge in [0.25, 0.3) is 5.56 Å². The molecule has 1 aliphatic rings. The van der Waals surface area contributed by atoms with Crippen molar-refractivity contribution < 1.29 is 0 Å². The number of aromatic nitrogens is 6. The number of halogens is 1. The lowest BCUT2D eigenvalue weighted by molar-refractivity contribution is 0.596. The number of nitrogens with two attached hydrogens (primary N) is 1. The van der Waals surface area contributed by atoms with E-state index in [1.165, 1.54) is 10.8 Å². The largest absolute Gasteiger partial charge is 0.368 e. The van der Waals surface area contributed by atoms with Crippen LogP contribution in [0, 0.1) is 0 Å². The van der Waals surface area contributed by atoms with E-state index in [1.807, 2.05) is 35.2 Å². The second kappa shape index (κ2) is 6.85. The smallest absolute Gasteiger partial charge is 0.284 e. The number of rotatable bonds is 3. The predicted molar refractivity (Wildman–Crippen MR) is 109 cm³/mol. The Balaban J connectivity index is 1.75. The van der Waals surface area contributed by atoms with E-state index < -0.39 is 0 Å². The molecule has 4 heterocycles. The zero-order valence-corrected chi connectivity index (χ0v) is 16.1. The zero-order valence-electron chi connectivity index (χ0n) is 15.3. The molecule has 1 atom stereocenters. The first-order valence-electron chi connectivity index (χ1n) is 9.20. The summed E-state index contributed by atoms with van der Waals surface area (Å²) in [6.45, 7) is 0.725. The van der Waals surface area contributed by atoms with Gasteiger partial charge < -0.3 is 10.6 Å². The van der Waals surface area contributed by atoms with Gasteiger partial charge in [-0.15, -0.1) is 0 Å². The molecule has 1 fully saturated rings. The average molecular weight is 409 g/mol. The Morgan fingerprint density at radius 2 is 1.97 bits per heavy atom. The third-order valence-corrected chi connectivity index (χ3v) is 5.37.